The molecule has 1 aromatic carbocycles. The van der Waals surface area contributed by atoms with Crippen molar-refractivity contribution in [3.8, 4) is 0 Å². The number of imidazole rings is 1. The highest BCUT2D eigenvalue weighted by Crippen LogP contribution is 2.33. The molecule has 0 bridgehead atoms. The zero-order valence-electron chi connectivity index (χ0n) is 17.2. The van der Waals surface area contributed by atoms with Crippen molar-refractivity contribution in [3.63, 3.8) is 0 Å². The van der Waals surface area contributed by atoms with Crippen LogP contribution in [0.3, 0.4) is 0 Å². The van der Waals surface area contributed by atoms with Gasteiger partial charge in [0.05, 0.1) is 35.9 Å². The first-order valence-corrected chi connectivity index (χ1v) is 10.6. The van der Waals surface area contributed by atoms with Crippen LogP contribution in [-0.2, 0) is 13.0 Å². The van der Waals surface area contributed by atoms with Gasteiger partial charge in [0.25, 0.3) is 0 Å². The van der Waals surface area contributed by atoms with Crippen LogP contribution in [0.2, 0.25) is 0 Å². The number of H-pyrrole nitrogens is 1. The molecular formula is C23H29N7. The Balaban J connectivity index is 1.50. The molecule has 4 rings (SSSR count). The molecule has 1 aliphatic carbocycles. The molecule has 3 aromatic rings. The number of nitrogens with two attached hydrogens (primary N) is 1. The largest absolute Gasteiger partial charge is 0.386 e. The highest BCUT2D eigenvalue weighted by Gasteiger charge is 2.27. The van der Waals surface area contributed by atoms with Gasteiger partial charge in [0.15, 0.2) is 0 Å². The number of hydrogen-bond donors (Lipinski definition) is 3. The molecular weight excluding hydrogens is 374 g/mol. The number of aromatic nitrogens is 3. The first kappa shape index (κ1) is 20.2. The van der Waals surface area contributed by atoms with Gasteiger partial charge in [-0.05, 0) is 68.6 Å². The number of aryl methyl sites for hydroxylation is 1. The molecule has 7 nitrogen and oxygen atoms in total. The van der Waals surface area contributed by atoms with E-state index in [0.29, 0.717) is 6.04 Å². The predicted octanol–water partition coefficient (Wildman–Crippen LogP) is 3.62. The molecule has 2 heterocycles. The van der Waals surface area contributed by atoms with E-state index in [-0.39, 0.29) is 12.4 Å². The average molecular weight is 404 g/mol. The van der Waals surface area contributed by atoms with Crippen LogP contribution < -0.4 is 5.73 Å². The van der Waals surface area contributed by atoms with Crippen LogP contribution in [0.4, 0.5) is 0 Å². The minimum Gasteiger partial charge on any atom is -0.386 e. The number of fused-ring (bicyclic) bond motifs is 2. The SMILES string of the molecule is N=C(N)CN=CCCCN(Cc1nc2ccccc2[nH]1)C1CCCc2cccnc21. The summed E-state index contributed by atoms with van der Waals surface area (Å²) in [6.45, 7) is 1.98. The number of nitrogens with one attached hydrogen (secondary N) is 2. The zero-order chi connectivity index (χ0) is 20.8. The van der Waals surface area contributed by atoms with Gasteiger partial charge in [0, 0.05) is 6.20 Å². The highest BCUT2D eigenvalue weighted by molar-refractivity contribution is 5.80. The van der Waals surface area contributed by atoms with Crippen molar-refractivity contribution in [3.05, 3.63) is 59.7 Å². The number of hydrogen-bond acceptors (Lipinski definition) is 5. The Morgan fingerprint density at radius 3 is 3.07 bits per heavy atom. The van der Waals surface area contributed by atoms with Crippen LogP contribution in [-0.4, -0.2) is 45.0 Å². The van der Waals surface area contributed by atoms with E-state index < -0.39 is 0 Å². The molecule has 2 aromatic heterocycles. The van der Waals surface area contributed by atoms with Crippen molar-refractivity contribution >= 4 is 23.1 Å². The first-order chi connectivity index (χ1) is 14.7. The van der Waals surface area contributed by atoms with Gasteiger partial charge < -0.3 is 10.7 Å². The Kier molecular flexibility index (Phi) is 6.49. The molecule has 1 unspecified atom stereocenters. The van der Waals surface area contributed by atoms with Gasteiger partial charge in [-0.15, -0.1) is 0 Å². The summed E-state index contributed by atoms with van der Waals surface area (Å²) >= 11 is 0. The van der Waals surface area contributed by atoms with E-state index in [9.17, 15) is 0 Å². The highest BCUT2D eigenvalue weighted by atomic mass is 15.2. The summed E-state index contributed by atoms with van der Waals surface area (Å²) < 4.78 is 0. The third-order valence-corrected chi connectivity index (χ3v) is 5.57. The molecule has 0 aliphatic heterocycles. The fourth-order valence-electron chi connectivity index (χ4n) is 4.20. The van der Waals surface area contributed by atoms with Crippen molar-refractivity contribution in [2.45, 2.75) is 44.7 Å². The van der Waals surface area contributed by atoms with Crippen LogP contribution >= 0.6 is 0 Å². The number of aliphatic imine (C=N–C) groups is 1. The summed E-state index contributed by atoms with van der Waals surface area (Å²) in [5.41, 5.74) is 10.0. The topological polar surface area (TPSA) is 107 Å². The molecule has 30 heavy (non-hydrogen) atoms. The smallest absolute Gasteiger partial charge is 0.121 e. The third-order valence-electron chi connectivity index (χ3n) is 5.57. The van der Waals surface area contributed by atoms with Gasteiger partial charge in [-0.1, -0.05) is 18.2 Å². The van der Waals surface area contributed by atoms with E-state index in [2.05, 4.69) is 27.0 Å². The van der Waals surface area contributed by atoms with E-state index in [0.717, 1.165) is 55.6 Å². The maximum absolute atomic E-state index is 7.26. The molecule has 0 spiro atoms. The number of rotatable bonds is 9. The minimum absolute atomic E-state index is 0.0997. The number of nitrogens with zero attached hydrogens (tertiary/aromatic N) is 4. The van der Waals surface area contributed by atoms with E-state index in [4.69, 9.17) is 21.1 Å². The van der Waals surface area contributed by atoms with Gasteiger partial charge in [-0.25, -0.2) is 4.98 Å². The number of pyridine rings is 1. The molecule has 0 radical (unpaired) electrons. The van der Waals surface area contributed by atoms with Crippen LogP contribution in [0.15, 0.2) is 47.6 Å². The second-order valence-electron chi connectivity index (χ2n) is 7.82. The van der Waals surface area contributed by atoms with Crippen molar-refractivity contribution in [1.82, 2.24) is 19.9 Å². The maximum Gasteiger partial charge on any atom is 0.121 e. The molecule has 0 fully saturated rings. The molecule has 4 N–H and O–H groups in total. The molecule has 156 valence electrons. The van der Waals surface area contributed by atoms with Gasteiger partial charge >= 0.3 is 0 Å². The average Bonchev–Trinajstić information content (AvgIpc) is 3.17. The maximum atomic E-state index is 7.26. The van der Waals surface area contributed by atoms with Crippen molar-refractivity contribution in [2.24, 2.45) is 10.7 Å². The normalized spacial score (nSPS) is 16.4. The van der Waals surface area contributed by atoms with Crippen LogP contribution in [0.25, 0.3) is 11.0 Å². The first-order valence-electron chi connectivity index (χ1n) is 10.6. The summed E-state index contributed by atoms with van der Waals surface area (Å²) in [4.78, 5) is 19.7. The third kappa shape index (κ3) is 4.91. The molecule has 0 amide bonds. The molecule has 0 saturated heterocycles. The van der Waals surface area contributed by atoms with E-state index in [1.54, 1.807) is 0 Å². The number of para-hydroxylation sites is 2. The van der Waals surface area contributed by atoms with Gasteiger partial charge in [-0.2, -0.15) is 0 Å². The lowest BCUT2D eigenvalue weighted by Gasteiger charge is -2.34. The molecule has 0 saturated carbocycles. The van der Waals surface area contributed by atoms with Crippen LogP contribution in [0.1, 0.15) is 48.8 Å². The van der Waals surface area contributed by atoms with Crippen molar-refractivity contribution in [1.29, 1.82) is 5.41 Å². The summed E-state index contributed by atoms with van der Waals surface area (Å²) in [6.07, 6.45) is 9.05. The van der Waals surface area contributed by atoms with Crippen molar-refractivity contribution in [2.75, 3.05) is 13.1 Å². The number of unbranched alkanes of at least 4 members (excludes halogenated alkanes) is 1. The van der Waals surface area contributed by atoms with Crippen LogP contribution in [0, 0.1) is 5.41 Å². The minimum atomic E-state index is 0.0997. The van der Waals surface area contributed by atoms with Gasteiger partial charge in [0.2, 0.25) is 0 Å². The monoisotopic (exact) mass is 403 g/mol. The van der Waals surface area contributed by atoms with Crippen molar-refractivity contribution < 1.29 is 0 Å². The lowest BCUT2D eigenvalue weighted by atomic mass is 9.90. The number of benzene rings is 1. The Morgan fingerprint density at radius 1 is 1.30 bits per heavy atom. The molecule has 7 heteroatoms. The van der Waals surface area contributed by atoms with E-state index in [1.165, 1.54) is 17.7 Å². The quantitative estimate of drug-likeness (QED) is 0.288. The Hall–Kier alpha value is -3.06. The van der Waals surface area contributed by atoms with E-state index in [1.807, 2.05) is 36.7 Å². The Bertz CT molecular complexity index is 990. The zero-order valence-corrected chi connectivity index (χ0v) is 17.2. The second kappa shape index (κ2) is 9.63. The standard InChI is InChI=1S/C23H29N7/c24-21(25)15-26-12-3-4-14-30(16-22-28-18-9-1-2-10-19(18)29-22)20-11-5-7-17-8-6-13-27-23(17)20/h1-2,6,8-10,12-13,20H,3-5,7,11,14-16H2,(H3,24,25)(H,28,29). The molecule has 1 aliphatic rings. The number of aromatic amines is 1. The fourth-order valence-corrected chi connectivity index (χ4v) is 4.20. The van der Waals surface area contributed by atoms with Gasteiger partial charge in [-0.3, -0.25) is 20.3 Å². The van der Waals surface area contributed by atoms with E-state index >= 15 is 0 Å². The summed E-state index contributed by atoms with van der Waals surface area (Å²) in [5.74, 6) is 1.09. The lowest BCUT2D eigenvalue weighted by Crippen LogP contribution is -2.33. The molecule has 1 atom stereocenters. The summed E-state index contributed by atoms with van der Waals surface area (Å²) in [6, 6.07) is 12.7. The Labute approximate surface area is 177 Å². The second-order valence-corrected chi connectivity index (χ2v) is 7.82. The van der Waals surface area contributed by atoms with Gasteiger partial charge in [0.1, 0.15) is 11.7 Å². The fraction of sp³-hybridized carbons (Fsp3) is 0.391. The Morgan fingerprint density at radius 2 is 2.20 bits per heavy atom. The predicted molar refractivity (Wildman–Crippen MR) is 121 cm³/mol. The summed E-state index contributed by atoms with van der Waals surface area (Å²) in [5, 5.41) is 7.26. The van der Waals surface area contributed by atoms with Crippen LogP contribution in [0.5, 0.6) is 0 Å². The summed E-state index contributed by atoms with van der Waals surface area (Å²) in [7, 11) is 0. The number of amidine groups is 1. The lowest BCUT2D eigenvalue weighted by molar-refractivity contribution is 0.161.